The van der Waals surface area contributed by atoms with Crippen LogP contribution in [0.4, 0.5) is 0 Å². The van der Waals surface area contributed by atoms with E-state index in [4.69, 9.17) is 14.6 Å². The van der Waals surface area contributed by atoms with Crippen LogP contribution in [0.15, 0.2) is 0 Å². The molecule has 2 N–H and O–H groups in total. The third-order valence-corrected chi connectivity index (χ3v) is 3.85. The van der Waals surface area contributed by atoms with Crippen molar-refractivity contribution in [3.05, 3.63) is 0 Å². The van der Waals surface area contributed by atoms with Crippen LogP contribution in [0, 0.1) is 5.92 Å². The second-order valence-electron chi connectivity index (χ2n) is 5.27. The maximum absolute atomic E-state index is 9.81. The molecule has 2 heterocycles. The minimum absolute atomic E-state index is 0.0495. The first kappa shape index (κ1) is 12.3. The van der Waals surface area contributed by atoms with Crippen LogP contribution < -0.4 is 0 Å². The average molecular weight is 230 g/mol. The summed E-state index contributed by atoms with van der Waals surface area (Å²) >= 11 is 0. The van der Waals surface area contributed by atoms with Gasteiger partial charge in [-0.3, -0.25) is 0 Å². The van der Waals surface area contributed by atoms with Crippen LogP contribution in [-0.2, 0) is 9.47 Å². The van der Waals surface area contributed by atoms with Crippen molar-refractivity contribution in [2.45, 2.75) is 63.6 Å². The Morgan fingerprint density at radius 1 is 1.31 bits per heavy atom. The quantitative estimate of drug-likeness (QED) is 0.707. The van der Waals surface area contributed by atoms with Gasteiger partial charge in [0.05, 0.1) is 24.9 Å². The van der Waals surface area contributed by atoms with Crippen molar-refractivity contribution >= 4 is 0 Å². The van der Waals surface area contributed by atoms with Crippen LogP contribution in [0.3, 0.4) is 0 Å². The summed E-state index contributed by atoms with van der Waals surface area (Å²) in [6.45, 7) is 4.16. The van der Waals surface area contributed by atoms with E-state index >= 15 is 0 Å². The second-order valence-corrected chi connectivity index (χ2v) is 5.27. The third-order valence-electron chi connectivity index (χ3n) is 3.85. The van der Waals surface area contributed by atoms with Crippen molar-refractivity contribution in [1.29, 1.82) is 0 Å². The number of aliphatic hydroxyl groups excluding tert-OH is 2. The molecular weight excluding hydrogens is 208 g/mol. The lowest BCUT2D eigenvalue weighted by atomic mass is 9.87. The normalized spacial score (nSPS) is 49.5. The smallest absolute Gasteiger partial charge is 0.171 e. The van der Waals surface area contributed by atoms with Crippen LogP contribution in [0.1, 0.15) is 39.5 Å². The fourth-order valence-corrected chi connectivity index (χ4v) is 2.69. The fourth-order valence-electron chi connectivity index (χ4n) is 2.69. The van der Waals surface area contributed by atoms with Crippen LogP contribution in [0.5, 0.6) is 0 Å². The molecule has 2 rings (SSSR count). The van der Waals surface area contributed by atoms with Gasteiger partial charge in [0.15, 0.2) is 5.79 Å². The lowest BCUT2D eigenvalue weighted by molar-refractivity contribution is -0.335. The molecule has 16 heavy (non-hydrogen) atoms. The van der Waals surface area contributed by atoms with Crippen molar-refractivity contribution < 1.29 is 19.7 Å². The maximum atomic E-state index is 9.81. The number of hydrogen-bond acceptors (Lipinski definition) is 4. The molecule has 4 heteroatoms. The third kappa shape index (κ3) is 2.40. The van der Waals surface area contributed by atoms with Crippen LogP contribution in [0.25, 0.3) is 0 Å². The second kappa shape index (κ2) is 4.61. The first-order chi connectivity index (χ1) is 7.54. The predicted octanol–water partition coefficient (Wildman–Crippen LogP) is 1.05. The van der Waals surface area contributed by atoms with Crippen LogP contribution >= 0.6 is 0 Å². The largest absolute Gasteiger partial charge is 0.394 e. The molecular formula is C12H22O4. The zero-order chi connectivity index (χ0) is 11.8. The van der Waals surface area contributed by atoms with E-state index in [1.165, 1.54) is 0 Å². The molecule has 5 atom stereocenters. The summed E-state index contributed by atoms with van der Waals surface area (Å²) < 4.78 is 11.8. The highest BCUT2D eigenvalue weighted by molar-refractivity contribution is 4.88. The Kier molecular flexibility index (Phi) is 3.54. The summed E-state index contributed by atoms with van der Waals surface area (Å²) in [5.41, 5.74) is 0. The van der Waals surface area contributed by atoms with Gasteiger partial charge in [0, 0.05) is 19.3 Å². The predicted molar refractivity (Wildman–Crippen MR) is 58.9 cm³/mol. The zero-order valence-electron chi connectivity index (χ0n) is 10.1. The minimum atomic E-state index is -0.656. The lowest BCUT2D eigenvalue weighted by Gasteiger charge is -2.48. The Labute approximate surface area is 96.6 Å². The van der Waals surface area contributed by atoms with E-state index in [0.717, 1.165) is 12.8 Å². The van der Waals surface area contributed by atoms with Gasteiger partial charge >= 0.3 is 0 Å². The fraction of sp³-hybridized carbons (Fsp3) is 1.00. The molecule has 0 amide bonds. The summed E-state index contributed by atoms with van der Waals surface area (Å²) in [5, 5.41) is 19.0. The summed E-state index contributed by atoms with van der Waals surface area (Å²) in [6.07, 6.45) is 2.33. The highest BCUT2D eigenvalue weighted by Crippen LogP contribution is 2.40. The van der Waals surface area contributed by atoms with E-state index < -0.39 is 11.9 Å². The van der Waals surface area contributed by atoms with Gasteiger partial charge in [0.2, 0.25) is 0 Å². The van der Waals surface area contributed by atoms with Crippen molar-refractivity contribution in [2.24, 2.45) is 5.92 Å². The molecule has 2 fully saturated rings. The van der Waals surface area contributed by atoms with Gasteiger partial charge in [-0.25, -0.2) is 0 Å². The Hall–Kier alpha value is -0.160. The standard InChI is InChI=1S/C12H22O4/c1-8-3-4-12(15-9(8)2)6-10(14)5-11(7-13)16-12/h8-11,13-14H,3-7H2,1-2H3/t8-,9+,10+,11-,12-/m0/s1. The first-order valence-electron chi connectivity index (χ1n) is 6.19. The molecule has 2 saturated heterocycles. The average Bonchev–Trinajstić information content (AvgIpc) is 2.23. The van der Waals surface area contributed by atoms with Crippen molar-refractivity contribution in [3.63, 3.8) is 0 Å². The van der Waals surface area contributed by atoms with E-state index in [2.05, 4.69) is 6.92 Å². The van der Waals surface area contributed by atoms with Gasteiger partial charge in [0.1, 0.15) is 0 Å². The van der Waals surface area contributed by atoms with Crippen molar-refractivity contribution in [3.8, 4) is 0 Å². The Morgan fingerprint density at radius 2 is 2.06 bits per heavy atom. The van der Waals surface area contributed by atoms with Gasteiger partial charge in [0.25, 0.3) is 0 Å². The summed E-state index contributed by atoms with van der Waals surface area (Å²) in [7, 11) is 0. The van der Waals surface area contributed by atoms with Gasteiger partial charge in [-0.15, -0.1) is 0 Å². The summed E-state index contributed by atoms with van der Waals surface area (Å²) in [4.78, 5) is 0. The number of aliphatic hydroxyl groups is 2. The van der Waals surface area contributed by atoms with Gasteiger partial charge < -0.3 is 19.7 Å². The first-order valence-corrected chi connectivity index (χ1v) is 6.19. The van der Waals surface area contributed by atoms with Crippen molar-refractivity contribution in [1.82, 2.24) is 0 Å². The minimum Gasteiger partial charge on any atom is -0.394 e. The van der Waals surface area contributed by atoms with Gasteiger partial charge in [-0.1, -0.05) is 6.92 Å². The lowest BCUT2D eigenvalue weighted by Crippen LogP contribution is -2.53. The molecule has 0 unspecified atom stereocenters. The topological polar surface area (TPSA) is 58.9 Å². The van der Waals surface area contributed by atoms with Gasteiger partial charge in [-0.2, -0.15) is 0 Å². The molecule has 4 nitrogen and oxygen atoms in total. The Morgan fingerprint density at radius 3 is 2.69 bits per heavy atom. The maximum Gasteiger partial charge on any atom is 0.171 e. The molecule has 0 aromatic carbocycles. The zero-order valence-corrected chi connectivity index (χ0v) is 10.1. The molecule has 1 spiro atoms. The van der Waals surface area contributed by atoms with Gasteiger partial charge in [-0.05, 0) is 19.3 Å². The van der Waals surface area contributed by atoms with E-state index in [1.54, 1.807) is 0 Å². The van der Waals surface area contributed by atoms with Crippen LogP contribution in [-0.4, -0.2) is 40.9 Å². The molecule has 0 bridgehead atoms. The van der Waals surface area contributed by atoms with E-state index in [9.17, 15) is 5.11 Å². The molecule has 0 aliphatic carbocycles. The SMILES string of the molecule is C[C@H]1CC[C@]2(C[C@H](O)C[C@@H](CO)O2)O[C@@H]1C. The molecule has 0 aromatic rings. The molecule has 0 aromatic heterocycles. The number of ether oxygens (including phenoxy) is 2. The summed E-state index contributed by atoms with van der Waals surface area (Å²) in [5.74, 6) is -0.127. The highest BCUT2D eigenvalue weighted by atomic mass is 16.7. The summed E-state index contributed by atoms with van der Waals surface area (Å²) in [6, 6.07) is 0. The number of rotatable bonds is 1. The highest BCUT2D eigenvalue weighted by Gasteiger charge is 2.46. The van der Waals surface area contributed by atoms with Crippen molar-refractivity contribution in [2.75, 3.05) is 6.61 Å². The van der Waals surface area contributed by atoms with E-state index in [1.807, 2.05) is 6.92 Å². The van der Waals surface area contributed by atoms with E-state index in [-0.39, 0.29) is 18.8 Å². The molecule has 0 radical (unpaired) electrons. The Bertz CT molecular complexity index is 241. The Balaban J connectivity index is 2.06. The molecule has 2 aliphatic heterocycles. The molecule has 0 saturated carbocycles. The number of hydrogen-bond donors (Lipinski definition) is 2. The molecule has 2 aliphatic rings. The van der Waals surface area contributed by atoms with Crippen LogP contribution in [0.2, 0.25) is 0 Å². The molecule has 94 valence electrons. The monoisotopic (exact) mass is 230 g/mol. The van der Waals surface area contributed by atoms with E-state index in [0.29, 0.717) is 18.8 Å².